The van der Waals surface area contributed by atoms with Crippen LogP contribution < -0.4 is 20.5 Å². The summed E-state index contributed by atoms with van der Waals surface area (Å²) in [4.78, 5) is 27.4. The van der Waals surface area contributed by atoms with Gasteiger partial charge in [-0.25, -0.2) is 19.7 Å². The number of nitrogens with two attached hydrogens (primary N) is 1. The van der Waals surface area contributed by atoms with E-state index < -0.39 is 11.6 Å². The van der Waals surface area contributed by atoms with Crippen molar-refractivity contribution < 1.29 is 19.0 Å². The van der Waals surface area contributed by atoms with Crippen LogP contribution in [0.25, 0.3) is 22.3 Å². The van der Waals surface area contributed by atoms with Crippen LogP contribution in [-0.2, 0) is 11.3 Å². The van der Waals surface area contributed by atoms with Crippen molar-refractivity contribution >= 4 is 57.4 Å². The molecule has 0 unspecified atom stereocenters. The van der Waals surface area contributed by atoms with Crippen LogP contribution in [0.4, 0.5) is 10.6 Å². The van der Waals surface area contributed by atoms with Gasteiger partial charge in [0.15, 0.2) is 33.6 Å². The van der Waals surface area contributed by atoms with Crippen LogP contribution in [0.5, 0.6) is 11.5 Å². The molecule has 2 aliphatic rings. The summed E-state index contributed by atoms with van der Waals surface area (Å²) in [6, 6.07) is 20.6. The van der Waals surface area contributed by atoms with Crippen molar-refractivity contribution in [3.63, 3.8) is 0 Å². The molecule has 3 N–H and O–H groups in total. The van der Waals surface area contributed by atoms with E-state index in [-0.39, 0.29) is 19.3 Å². The second-order valence-electron chi connectivity index (χ2n) is 11.7. The molecule has 0 saturated carbocycles. The zero-order chi connectivity index (χ0) is 31.1. The molecule has 0 saturated heterocycles. The largest absolute Gasteiger partial charge is 0.454 e. The van der Waals surface area contributed by atoms with Crippen molar-refractivity contribution in [3.05, 3.63) is 81.7 Å². The first-order valence-electron chi connectivity index (χ1n) is 14.6. The number of imidazole rings is 1. The number of anilines is 1. The molecule has 5 aromatic rings. The lowest BCUT2D eigenvalue weighted by molar-refractivity contribution is 0.131. The number of halogens is 1. The number of nitrogens with one attached hydrogen (secondary N) is 1. The van der Waals surface area contributed by atoms with Gasteiger partial charge in [-0.15, -0.1) is 0 Å². The predicted octanol–water partition coefficient (Wildman–Crippen LogP) is 6.99. The third-order valence-corrected chi connectivity index (χ3v) is 10.4. The van der Waals surface area contributed by atoms with Gasteiger partial charge in [0, 0.05) is 26.5 Å². The number of carbonyl (C=O) groups excluding carboxylic acids is 1. The quantitative estimate of drug-likeness (QED) is 0.154. The summed E-state index contributed by atoms with van der Waals surface area (Å²) in [6.45, 7) is 5.12. The number of amides is 1. The van der Waals surface area contributed by atoms with Crippen LogP contribution >= 0.6 is 34.4 Å². The average molecular weight is 735 g/mol. The molecule has 0 radical (unpaired) electrons. The van der Waals surface area contributed by atoms with E-state index in [4.69, 9.17) is 24.9 Å². The van der Waals surface area contributed by atoms with Crippen molar-refractivity contribution in [2.75, 3.05) is 19.1 Å². The third kappa shape index (κ3) is 5.88. The van der Waals surface area contributed by atoms with Crippen molar-refractivity contribution in [1.82, 2.24) is 24.8 Å². The number of benzene rings is 3. The molecule has 12 heteroatoms. The number of hydrogen-bond acceptors (Lipinski definition) is 9. The van der Waals surface area contributed by atoms with Gasteiger partial charge in [0.1, 0.15) is 12.9 Å². The van der Waals surface area contributed by atoms with Crippen LogP contribution in [0.2, 0.25) is 0 Å². The molecule has 0 bridgehead atoms. The van der Waals surface area contributed by atoms with Gasteiger partial charge in [0.25, 0.3) is 0 Å². The standard InChI is InChI=1S/C33H31IN6O4S/c1-33(2,39-32(41)42-16-23-21-10-5-3-8-19(21)20-9-4-6-11-22(20)23)12-7-13-40-30-28(29(35)36-17-37-30)38-31(40)45-27-15-26-25(14-24(27)34)43-18-44-26/h3-6,8-11,14-15,17,23H,7,12-13,16,18H2,1-2H3,(H,39,41)(H2,35,36,37). The Balaban J connectivity index is 1.01. The second kappa shape index (κ2) is 12.0. The molecule has 0 atom stereocenters. The Labute approximate surface area is 278 Å². The van der Waals surface area contributed by atoms with Gasteiger partial charge in [0.2, 0.25) is 6.79 Å². The minimum Gasteiger partial charge on any atom is -0.454 e. The number of nitrogen functional groups attached to an aromatic ring is 1. The molecule has 3 heterocycles. The van der Waals surface area contributed by atoms with Crippen LogP contribution in [-0.4, -0.2) is 44.6 Å². The number of rotatable bonds is 9. The average Bonchev–Trinajstić information content (AvgIpc) is 3.71. The lowest BCUT2D eigenvalue weighted by atomic mass is 9.98. The first-order valence-corrected chi connectivity index (χ1v) is 16.5. The van der Waals surface area contributed by atoms with E-state index in [1.165, 1.54) is 40.3 Å². The zero-order valence-corrected chi connectivity index (χ0v) is 27.7. The summed E-state index contributed by atoms with van der Waals surface area (Å²) in [5.41, 5.74) is 11.7. The number of aryl methyl sites for hydroxylation is 1. The summed E-state index contributed by atoms with van der Waals surface area (Å²) in [7, 11) is 0. The molecule has 10 nitrogen and oxygen atoms in total. The fraction of sp³-hybridized carbons (Fsp3) is 0.273. The maximum atomic E-state index is 13.0. The van der Waals surface area contributed by atoms with E-state index in [1.54, 1.807) is 0 Å². The van der Waals surface area contributed by atoms with E-state index in [9.17, 15) is 4.79 Å². The molecule has 230 valence electrons. The number of fused-ring (bicyclic) bond motifs is 5. The van der Waals surface area contributed by atoms with E-state index in [0.717, 1.165) is 25.8 Å². The molecule has 7 rings (SSSR count). The number of alkyl carbamates (subject to hydrolysis) is 1. The molecule has 45 heavy (non-hydrogen) atoms. The third-order valence-electron chi connectivity index (χ3n) is 8.12. The van der Waals surface area contributed by atoms with Crippen LogP contribution in [0.1, 0.15) is 43.7 Å². The maximum Gasteiger partial charge on any atom is 0.407 e. The molecular weight excluding hydrogens is 703 g/mol. The van der Waals surface area contributed by atoms with Gasteiger partial charge < -0.3 is 29.8 Å². The summed E-state index contributed by atoms with van der Waals surface area (Å²) >= 11 is 3.80. The van der Waals surface area contributed by atoms with Gasteiger partial charge in [-0.2, -0.15) is 0 Å². The summed E-state index contributed by atoms with van der Waals surface area (Å²) in [5, 5.41) is 3.82. The molecule has 1 aliphatic carbocycles. The SMILES string of the molecule is CC(C)(CCCn1c(Sc2cc3c(cc2I)OCO3)nc2c(N)ncnc21)NC(=O)OCC1c2ccccc2-c2ccccc21. The highest BCUT2D eigenvalue weighted by atomic mass is 127. The van der Waals surface area contributed by atoms with Crippen LogP contribution in [0.3, 0.4) is 0 Å². The molecule has 1 amide bonds. The fourth-order valence-corrected chi connectivity index (χ4v) is 7.65. The minimum absolute atomic E-state index is 0.0129. The Morgan fingerprint density at radius 2 is 1.78 bits per heavy atom. The zero-order valence-electron chi connectivity index (χ0n) is 24.7. The first-order chi connectivity index (χ1) is 21.8. The van der Waals surface area contributed by atoms with Gasteiger partial charge in [-0.05, 0) is 83.7 Å². The number of carbonyl (C=O) groups is 1. The highest BCUT2D eigenvalue weighted by Gasteiger charge is 2.30. The van der Waals surface area contributed by atoms with E-state index in [0.29, 0.717) is 35.7 Å². The van der Waals surface area contributed by atoms with Crippen molar-refractivity contribution in [1.29, 1.82) is 0 Å². The lowest BCUT2D eigenvalue weighted by Gasteiger charge is -2.26. The van der Waals surface area contributed by atoms with Crippen molar-refractivity contribution in [2.24, 2.45) is 0 Å². The highest BCUT2D eigenvalue weighted by Crippen LogP contribution is 2.45. The summed E-state index contributed by atoms with van der Waals surface area (Å²) < 4.78 is 20.0. The number of aromatic nitrogens is 4. The molecular formula is C33H31IN6O4S. The van der Waals surface area contributed by atoms with Crippen LogP contribution in [0.15, 0.2) is 77.0 Å². The van der Waals surface area contributed by atoms with Gasteiger partial charge >= 0.3 is 6.09 Å². The summed E-state index contributed by atoms with van der Waals surface area (Å²) in [5.74, 6) is 1.79. The first kappa shape index (κ1) is 29.7. The molecule has 1 aliphatic heterocycles. The summed E-state index contributed by atoms with van der Waals surface area (Å²) in [6.07, 6.45) is 2.47. The fourth-order valence-electron chi connectivity index (χ4n) is 5.94. The normalized spacial score (nSPS) is 13.6. The molecule has 0 fully saturated rings. The number of ether oxygens (including phenoxy) is 3. The minimum atomic E-state index is -0.507. The van der Waals surface area contributed by atoms with Crippen molar-refractivity contribution in [2.45, 2.75) is 54.7 Å². The smallest absolute Gasteiger partial charge is 0.407 e. The Kier molecular flexibility index (Phi) is 7.94. The topological polar surface area (TPSA) is 126 Å². The predicted molar refractivity (Wildman–Crippen MR) is 181 cm³/mol. The monoisotopic (exact) mass is 734 g/mol. The van der Waals surface area contributed by atoms with E-state index >= 15 is 0 Å². The Morgan fingerprint density at radius 3 is 2.51 bits per heavy atom. The number of hydrogen-bond donors (Lipinski definition) is 2. The van der Waals surface area contributed by atoms with E-state index in [2.05, 4.69) is 66.7 Å². The second-order valence-corrected chi connectivity index (χ2v) is 13.8. The molecule has 3 aromatic carbocycles. The van der Waals surface area contributed by atoms with Gasteiger partial charge in [-0.3, -0.25) is 0 Å². The maximum absolute atomic E-state index is 13.0. The Bertz CT molecular complexity index is 1880. The Hall–Kier alpha value is -4.04. The van der Waals surface area contributed by atoms with Gasteiger partial charge in [-0.1, -0.05) is 60.3 Å². The van der Waals surface area contributed by atoms with Crippen LogP contribution in [0, 0.1) is 3.57 Å². The molecule has 0 spiro atoms. The van der Waals surface area contributed by atoms with E-state index in [1.807, 2.05) is 50.2 Å². The Morgan fingerprint density at radius 1 is 1.09 bits per heavy atom. The van der Waals surface area contributed by atoms with Crippen molar-refractivity contribution in [3.8, 4) is 22.6 Å². The lowest BCUT2D eigenvalue weighted by Crippen LogP contribution is -2.44. The number of nitrogens with zero attached hydrogens (tertiary/aromatic N) is 4. The molecule has 2 aromatic heterocycles. The van der Waals surface area contributed by atoms with Gasteiger partial charge in [0.05, 0.1) is 0 Å². The highest BCUT2D eigenvalue weighted by molar-refractivity contribution is 14.1.